The van der Waals surface area contributed by atoms with Gasteiger partial charge < -0.3 is 0 Å². The predicted molar refractivity (Wildman–Crippen MR) is 69.0 cm³/mol. The summed E-state index contributed by atoms with van der Waals surface area (Å²) in [5, 5.41) is 0. The average Bonchev–Trinajstić information content (AvgIpc) is 2.19. The van der Waals surface area contributed by atoms with Gasteiger partial charge in [-0.1, -0.05) is 38.8 Å². The van der Waals surface area contributed by atoms with Crippen molar-refractivity contribution >= 4 is 0 Å². The summed E-state index contributed by atoms with van der Waals surface area (Å²) in [6, 6.07) is 0. The second-order valence-corrected chi connectivity index (χ2v) is 5.61. The monoisotopic (exact) mass is 208 g/mol. The van der Waals surface area contributed by atoms with Crippen molar-refractivity contribution in [3.63, 3.8) is 0 Å². The maximum Gasteiger partial charge on any atom is -0.0292 e. The van der Waals surface area contributed by atoms with Crippen LogP contribution >= 0.6 is 0 Å². The number of hydrogen-bond acceptors (Lipinski definition) is 0. The zero-order valence-corrected chi connectivity index (χ0v) is 9.76. The molecule has 1 fully saturated rings. The van der Waals surface area contributed by atoms with E-state index in [0.29, 0.717) is 0 Å². The molecule has 0 amide bonds. The van der Waals surface area contributed by atoms with Gasteiger partial charge in [0, 0.05) is 0 Å². The minimum absolute atomic E-state index is 0. The summed E-state index contributed by atoms with van der Waals surface area (Å²) in [7, 11) is 0. The fourth-order valence-electron chi connectivity index (χ4n) is 3.30. The molecule has 0 radical (unpaired) electrons. The van der Waals surface area contributed by atoms with Gasteiger partial charge in [0.05, 0.1) is 0 Å². The molecular formula is C15H28. The maximum atomic E-state index is 2.45. The van der Waals surface area contributed by atoms with Crippen LogP contribution in [-0.2, 0) is 0 Å². The van der Waals surface area contributed by atoms with Gasteiger partial charge in [-0.3, -0.25) is 0 Å². The molecule has 1 saturated carbocycles. The maximum absolute atomic E-state index is 2.45. The van der Waals surface area contributed by atoms with Gasteiger partial charge >= 0.3 is 0 Å². The third kappa shape index (κ3) is 3.36. The molecule has 1 atom stereocenters. The first-order valence-electron chi connectivity index (χ1n) is 6.41. The fraction of sp³-hybridized carbons (Fsp3) is 0.867. The highest BCUT2D eigenvalue weighted by Crippen LogP contribution is 2.39. The molecule has 2 aliphatic rings. The third-order valence-corrected chi connectivity index (χ3v) is 4.34. The molecule has 2 rings (SSSR count). The lowest BCUT2D eigenvalue weighted by Gasteiger charge is -2.34. The smallest absolute Gasteiger partial charge is 0.0292 e. The summed E-state index contributed by atoms with van der Waals surface area (Å²) in [5.74, 6) is 3.11. The van der Waals surface area contributed by atoms with Crippen molar-refractivity contribution in [1.29, 1.82) is 0 Å². The van der Waals surface area contributed by atoms with Crippen molar-refractivity contribution in [3.05, 3.63) is 11.6 Å². The summed E-state index contributed by atoms with van der Waals surface area (Å²) >= 11 is 0. The molecule has 1 unspecified atom stereocenters. The standard InChI is InChI=1S/C14H24.CH4/c1-11-6-8-13(9-7-11)14-5-3-4-12(2)10-14;/h4,11,13-14H,3,5-10H2,1-2H3;1H4. The van der Waals surface area contributed by atoms with Crippen LogP contribution in [0.5, 0.6) is 0 Å². The highest BCUT2D eigenvalue weighted by Gasteiger charge is 2.26. The van der Waals surface area contributed by atoms with Crippen molar-refractivity contribution in [1.82, 2.24) is 0 Å². The van der Waals surface area contributed by atoms with Crippen LogP contribution in [0.25, 0.3) is 0 Å². The lowest BCUT2D eigenvalue weighted by molar-refractivity contribution is 0.198. The summed E-state index contributed by atoms with van der Waals surface area (Å²) in [6.45, 7) is 4.74. The van der Waals surface area contributed by atoms with Crippen LogP contribution in [0.3, 0.4) is 0 Å². The Labute approximate surface area is 96.2 Å². The molecule has 0 aromatic heterocycles. The first-order valence-corrected chi connectivity index (χ1v) is 6.41. The van der Waals surface area contributed by atoms with Gasteiger partial charge in [0.15, 0.2) is 0 Å². The fourth-order valence-corrected chi connectivity index (χ4v) is 3.30. The molecule has 0 aromatic rings. The minimum atomic E-state index is 0. The Bertz CT molecular complexity index is 206. The molecule has 15 heavy (non-hydrogen) atoms. The van der Waals surface area contributed by atoms with Crippen molar-refractivity contribution in [2.24, 2.45) is 17.8 Å². The first-order chi connectivity index (χ1) is 6.75. The molecule has 0 saturated heterocycles. The zero-order chi connectivity index (χ0) is 9.97. The Kier molecular flexibility index (Phi) is 4.89. The van der Waals surface area contributed by atoms with Crippen LogP contribution in [0.15, 0.2) is 11.6 Å². The molecule has 2 aliphatic carbocycles. The second kappa shape index (κ2) is 5.72. The van der Waals surface area contributed by atoms with E-state index in [2.05, 4.69) is 19.9 Å². The highest BCUT2D eigenvalue weighted by molar-refractivity contribution is 5.04. The predicted octanol–water partition coefficient (Wildman–Crippen LogP) is 5.20. The van der Waals surface area contributed by atoms with Crippen LogP contribution in [0.1, 0.15) is 66.2 Å². The molecule has 88 valence electrons. The molecule has 0 heteroatoms. The van der Waals surface area contributed by atoms with E-state index < -0.39 is 0 Å². The van der Waals surface area contributed by atoms with Gasteiger partial charge in [-0.05, 0) is 56.8 Å². The average molecular weight is 208 g/mol. The van der Waals surface area contributed by atoms with Gasteiger partial charge in [-0.15, -0.1) is 0 Å². The number of allylic oxidation sites excluding steroid dienone is 2. The summed E-state index contributed by atoms with van der Waals surface area (Å²) in [6.07, 6.45) is 12.7. The van der Waals surface area contributed by atoms with Gasteiger partial charge in [-0.25, -0.2) is 0 Å². The van der Waals surface area contributed by atoms with Crippen LogP contribution in [0.2, 0.25) is 0 Å². The van der Waals surface area contributed by atoms with E-state index in [9.17, 15) is 0 Å². The topological polar surface area (TPSA) is 0 Å². The van der Waals surface area contributed by atoms with E-state index in [1.165, 1.54) is 44.9 Å². The highest BCUT2D eigenvalue weighted by atomic mass is 14.3. The van der Waals surface area contributed by atoms with Crippen LogP contribution in [0.4, 0.5) is 0 Å². The molecular weight excluding hydrogens is 180 g/mol. The summed E-state index contributed by atoms with van der Waals surface area (Å²) < 4.78 is 0. The molecule has 0 nitrogen and oxygen atoms in total. The van der Waals surface area contributed by atoms with Gasteiger partial charge in [-0.2, -0.15) is 0 Å². The molecule has 0 spiro atoms. The largest absolute Gasteiger partial charge is 0.0856 e. The van der Waals surface area contributed by atoms with Crippen molar-refractivity contribution < 1.29 is 0 Å². The van der Waals surface area contributed by atoms with Crippen LogP contribution in [0, 0.1) is 17.8 Å². The van der Waals surface area contributed by atoms with E-state index in [4.69, 9.17) is 0 Å². The molecule has 0 bridgehead atoms. The molecule has 0 aliphatic heterocycles. The molecule has 0 aromatic carbocycles. The lowest BCUT2D eigenvalue weighted by Crippen LogP contribution is -2.22. The van der Waals surface area contributed by atoms with Gasteiger partial charge in [0.2, 0.25) is 0 Å². The number of rotatable bonds is 1. The molecule has 0 N–H and O–H groups in total. The van der Waals surface area contributed by atoms with E-state index in [-0.39, 0.29) is 7.43 Å². The third-order valence-electron chi connectivity index (χ3n) is 4.34. The Balaban J connectivity index is 0.00000112. The Morgan fingerprint density at radius 3 is 2.27 bits per heavy atom. The SMILES string of the molecule is C.CC1=CCCC(C2CCC(C)CC2)C1. The zero-order valence-electron chi connectivity index (χ0n) is 9.76. The van der Waals surface area contributed by atoms with Gasteiger partial charge in [0.25, 0.3) is 0 Å². The lowest BCUT2D eigenvalue weighted by atomic mass is 9.71. The Morgan fingerprint density at radius 2 is 1.67 bits per heavy atom. The Hall–Kier alpha value is -0.260. The van der Waals surface area contributed by atoms with Gasteiger partial charge in [0.1, 0.15) is 0 Å². The first kappa shape index (κ1) is 12.8. The summed E-state index contributed by atoms with van der Waals surface area (Å²) in [5.41, 5.74) is 1.65. The quantitative estimate of drug-likeness (QED) is 0.520. The molecule has 0 heterocycles. The van der Waals surface area contributed by atoms with Crippen molar-refractivity contribution in [2.45, 2.75) is 66.2 Å². The van der Waals surface area contributed by atoms with Crippen LogP contribution < -0.4 is 0 Å². The summed E-state index contributed by atoms with van der Waals surface area (Å²) in [4.78, 5) is 0. The van der Waals surface area contributed by atoms with E-state index >= 15 is 0 Å². The normalized spacial score (nSPS) is 36.7. The Morgan fingerprint density at radius 1 is 1.00 bits per heavy atom. The van der Waals surface area contributed by atoms with Crippen molar-refractivity contribution in [2.75, 3.05) is 0 Å². The minimum Gasteiger partial charge on any atom is -0.0856 e. The van der Waals surface area contributed by atoms with Crippen molar-refractivity contribution in [3.8, 4) is 0 Å². The van der Waals surface area contributed by atoms with Crippen LogP contribution in [-0.4, -0.2) is 0 Å². The van der Waals surface area contributed by atoms with E-state index in [1.807, 2.05) is 0 Å². The number of hydrogen-bond donors (Lipinski definition) is 0. The van der Waals surface area contributed by atoms with E-state index in [0.717, 1.165) is 17.8 Å². The van der Waals surface area contributed by atoms with E-state index in [1.54, 1.807) is 5.57 Å². The second-order valence-electron chi connectivity index (χ2n) is 5.61.